The van der Waals surface area contributed by atoms with Crippen LogP contribution in [0.4, 0.5) is 0 Å². The highest BCUT2D eigenvalue weighted by molar-refractivity contribution is 5.96. The number of carbonyl (C=O) groups is 2. The summed E-state index contributed by atoms with van der Waals surface area (Å²) >= 11 is 0. The fourth-order valence-corrected chi connectivity index (χ4v) is 2.64. The normalized spacial score (nSPS) is 23.2. The third kappa shape index (κ3) is 1.95. The molecule has 0 aliphatic carbocycles. The van der Waals surface area contributed by atoms with Crippen LogP contribution in [0, 0.1) is 0 Å². The number of aromatic amines is 1. The Bertz CT molecular complexity index is 677. The minimum absolute atomic E-state index is 0.0395. The molecule has 0 radical (unpaired) electrons. The molecule has 5 nitrogen and oxygen atoms in total. The van der Waals surface area contributed by atoms with E-state index in [-0.39, 0.29) is 11.8 Å². The van der Waals surface area contributed by atoms with Crippen molar-refractivity contribution in [2.75, 3.05) is 0 Å². The van der Waals surface area contributed by atoms with E-state index in [2.05, 4.69) is 10.3 Å². The monoisotopic (exact) mass is 271 g/mol. The molecule has 1 fully saturated rings. The van der Waals surface area contributed by atoms with Crippen molar-refractivity contribution in [1.82, 2.24) is 15.2 Å². The SMILES string of the molecule is CC1NC(=O)C(C)N(Cc2c[nH]c3ccccc23)C1=O. The quantitative estimate of drug-likeness (QED) is 0.867. The number of piperazine rings is 1. The van der Waals surface area contributed by atoms with Crippen LogP contribution in [-0.4, -0.2) is 33.8 Å². The Morgan fingerprint density at radius 2 is 1.95 bits per heavy atom. The van der Waals surface area contributed by atoms with Crippen LogP contribution < -0.4 is 5.32 Å². The smallest absolute Gasteiger partial charge is 0.245 e. The molecule has 5 heteroatoms. The van der Waals surface area contributed by atoms with Crippen LogP contribution in [0.25, 0.3) is 10.9 Å². The molecule has 1 aromatic heterocycles. The first-order valence-corrected chi connectivity index (χ1v) is 6.74. The van der Waals surface area contributed by atoms with Gasteiger partial charge in [0.1, 0.15) is 12.1 Å². The number of hydrogen-bond acceptors (Lipinski definition) is 2. The predicted octanol–water partition coefficient (Wildman–Crippen LogP) is 1.40. The molecule has 0 bridgehead atoms. The number of amides is 2. The molecular formula is C15H17N3O2. The molecule has 1 aliphatic heterocycles. The van der Waals surface area contributed by atoms with Crippen molar-refractivity contribution in [3.8, 4) is 0 Å². The van der Waals surface area contributed by atoms with E-state index < -0.39 is 12.1 Å². The first kappa shape index (κ1) is 12.7. The fourth-order valence-electron chi connectivity index (χ4n) is 2.64. The minimum atomic E-state index is -0.455. The summed E-state index contributed by atoms with van der Waals surface area (Å²) in [5, 5.41) is 3.78. The number of fused-ring (bicyclic) bond motifs is 1. The number of aromatic nitrogens is 1. The Labute approximate surface area is 117 Å². The van der Waals surface area contributed by atoms with Gasteiger partial charge in [0.05, 0.1) is 0 Å². The van der Waals surface area contributed by atoms with Gasteiger partial charge in [-0.25, -0.2) is 0 Å². The van der Waals surface area contributed by atoms with E-state index >= 15 is 0 Å². The van der Waals surface area contributed by atoms with E-state index in [9.17, 15) is 9.59 Å². The summed E-state index contributed by atoms with van der Waals surface area (Å²) in [6.07, 6.45) is 1.90. The van der Waals surface area contributed by atoms with Crippen LogP contribution in [0.15, 0.2) is 30.5 Å². The third-order valence-electron chi connectivity index (χ3n) is 3.87. The van der Waals surface area contributed by atoms with Gasteiger partial charge >= 0.3 is 0 Å². The number of nitrogens with zero attached hydrogens (tertiary/aromatic N) is 1. The van der Waals surface area contributed by atoms with Gasteiger partial charge in [0.25, 0.3) is 0 Å². The maximum absolute atomic E-state index is 12.2. The number of carbonyl (C=O) groups excluding carboxylic acids is 2. The third-order valence-corrected chi connectivity index (χ3v) is 3.87. The highest BCUT2D eigenvalue weighted by Gasteiger charge is 2.35. The van der Waals surface area contributed by atoms with E-state index in [1.807, 2.05) is 30.5 Å². The van der Waals surface area contributed by atoms with Gasteiger partial charge in [-0.05, 0) is 25.5 Å². The Morgan fingerprint density at radius 3 is 2.75 bits per heavy atom. The van der Waals surface area contributed by atoms with Crippen LogP contribution in [0.1, 0.15) is 19.4 Å². The lowest BCUT2D eigenvalue weighted by atomic mass is 10.1. The van der Waals surface area contributed by atoms with Crippen LogP contribution in [0.5, 0.6) is 0 Å². The lowest BCUT2D eigenvalue weighted by Gasteiger charge is -2.36. The fraction of sp³-hybridized carbons (Fsp3) is 0.333. The lowest BCUT2D eigenvalue weighted by Crippen LogP contribution is -2.60. The van der Waals surface area contributed by atoms with Gasteiger partial charge in [0.2, 0.25) is 11.8 Å². The first-order chi connectivity index (χ1) is 9.58. The van der Waals surface area contributed by atoms with Crippen LogP contribution >= 0.6 is 0 Å². The summed E-state index contributed by atoms with van der Waals surface area (Å²) in [5.41, 5.74) is 2.07. The highest BCUT2D eigenvalue weighted by Crippen LogP contribution is 2.21. The summed E-state index contributed by atoms with van der Waals surface area (Å²) in [6, 6.07) is 7.05. The van der Waals surface area contributed by atoms with E-state index in [0.717, 1.165) is 16.5 Å². The van der Waals surface area contributed by atoms with E-state index in [0.29, 0.717) is 6.54 Å². The summed E-state index contributed by atoms with van der Waals surface area (Å²) in [7, 11) is 0. The van der Waals surface area contributed by atoms with Crippen molar-refractivity contribution in [3.05, 3.63) is 36.0 Å². The molecule has 2 unspecified atom stereocenters. The number of nitrogens with one attached hydrogen (secondary N) is 2. The Balaban J connectivity index is 1.93. The summed E-state index contributed by atoms with van der Waals surface area (Å²) < 4.78 is 0. The van der Waals surface area contributed by atoms with Gasteiger partial charge in [0, 0.05) is 23.6 Å². The number of para-hydroxylation sites is 1. The van der Waals surface area contributed by atoms with Gasteiger partial charge in [-0.3, -0.25) is 9.59 Å². The van der Waals surface area contributed by atoms with Gasteiger partial charge < -0.3 is 15.2 Å². The van der Waals surface area contributed by atoms with Crippen molar-refractivity contribution >= 4 is 22.7 Å². The predicted molar refractivity (Wildman–Crippen MR) is 75.9 cm³/mol. The molecule has 20 heavy (non-hydrogen) atoms. The summed E-state index contributed by atoms with van der Waals surface area (Å²) in [6.45, 7) is 3.92. The molecule has 1 aliphatic rings. The standard InChI is InChI=1S/C15H17N3O2/c1-9-15(20)18(10(2)14(19)17-9)8-11-7-16-13-6-4-3-5-12(11)13/h3-7,9-10,16H,8H2,1-2H3,(H,17,19). The topological polar surface area (TPSA) is 65.2 Å². The lowest BCUT2D eigenvalue weighted by molar-refractivity contribution is -0.148. The maximum Gasteiger partial charge on any atom is 0.245 e. The molecule has 2 N–H and O–H groups in total. The van der Waals surface area contributed by atoms with Gasteiger partial charge in [-0.15, -0.1) is 0 Å². The van der Waals surface area contributed by atoms with Crippen molar-refractivity contribution in [2.45, 2.75) is 32.5 Å². The molecule has 2 aromatic rings. The zero-order valence-electron chi connectivity index (χ0n) is 11.5. The van der Waals surface area contributed by atoms with Gasteiger partial charge in [0.15, 0.2) is 0 Å². The van der Waals surface area contributed by atoms with Crippen molar-refractivity contribution in [3.63, 3.8) is 0 Å². The zero-order chi connectivity index (χ0) is 14.3. The highest BCUT2D eigenvalue weighted by atomic mass is 16.2. The van der Waals surface area contributed by atoms with Crippen LogP contribution in [0.3, 0.4) is 0 Å². The second kappa shape index (κ2) is 4.67. The van der Waals surface area contributed by atoms with Gasteiger partial charge in [-0.1, -0.05) is 18.2 Å². The number of rotatable bonds is 2. The Morgan fingerprint density at radius 1 is 1.20 bits per heavy atom. The summed E-state index contributed by atoms with van der Waals surface area (Å²) in [5.74, 6) is -0.140. The Kier molecular flexibility index (Phi) is 2.97. The molecule has 1 saturated heterocycles. The van der Waals surface area contributed by atoms with Crippen molar-refractivity contribution < 1.29 is 9.59 Å². The minimum Gasteiger partial charge on any atom is -0.361 e. The molecule has 2 amide bonds. The molecule has 104 valence electrons. The number of H-pyrrole nitrogens is 1. The van der Waals surface area contributed by atoms with Crippen molar-refractivity contribution in [2.24, 2.45) is 0 Å². The largest absolute Gasteiger partial charge is 0.361 e. The second-order valence-electron chi connectivity index (χ2n) is 5.23. The molecular weight excluding hydrogens is 254 g/mol. The van der Waals surface area contributed by atoms with E-state index in [1.54, 1.807) is 18.7 Å². The van der Waals surface area contributed by atoms with Crippen LogP contribution in [0.2, 0.25) is 0 Å². The van der Waals surface area contributed by atoms with E-state index in [1.165, 1.54) is 0 Å². The molecule has 0 saturated carbocycles. The average Bonchev–Trinajstić information content (AvgIpc) is 2.85. The summed E-state index contributed by atoms with van der Waals surface area (Å²) in [4.78, 5) is 28.9. The second-order valence-corrected chi connectivity index (χ2v) is 5.23. The van der Waals surface area contributed by atoms with Crippen LogP contribution in [-0.2, 0) is 16.1 Å². The molecule has 3 rings (SSSR count). The van der Waals surface area contributed by atoms with Crippen molar-refractivity contribution in [1.29, 1.82) is 0 Å². The maximum atomic E-state index is 12.2. The number of benzene rings is 1. The molecule has 2 atom stereocenters. The average molecular weight is 271 g/mol. The molecule has 0 spiro atoms. The molecule has 2 heterocycles. The van der Waals surface area contributed by atoms with Gasteiger partial charge in [-0.2, -0.15) is 0 Å². The Hall–Kier alpha value is -2.30. The first-order valence-electron chi connectivity index (χ1n) is 6.74. The molecule has 1 aromatic carbocycles. The van der Waals surface area contributed by atoms with E-state index in [4.69, 9.17) is 0 Å². The number of hydrogen-bond donors (Lipinski definition) is 2. The zero-order valence-corrected chi connectivity index (χ0v) is 11.5.